The first-order valence-electron chi connectivity index (χ1n) is 5.22. The maximum atomic E-state index is 11.9. The van der Waals surface area contributed by atoms with Gasteiger partial charge in [-0.25, -0.2) is 0 Å². The zero-order valence-corrected chi connectivity index (χ0v) is 9.60. The number of morpholine rings is 1. The summed E-state index contributed by atoms with van der Waals surface area (Å²) in [6.07, 6.45) is 0.0832. The van der Waals surface area contributed by atoms with Gasteiger partial charge in [0.2, 0.25) is 5.91 Å². The maximum Gasteiger partial charge on any atom is 0.242 e. The minimum absolute atomic E-state index is 0.0560. The molecule has 0 aliphatic carbocycles. The van der Waals surface area contributed by atoms with Gasteiger partial charge in [0.15, 0.2) is 0 Å². The van der Waals surface area contributed by atoms with Crippen LogP contribution in [0, 0.1) is 0 Å². The molecule has 3 atom stereocenters. The zero-order chi connectivity index (χ0) is 11.4. The van der Waals surface area contributed by atoms with Gasteiger partial charge < -0.3 is 20.1 Å². The molecule has 2 N–H and O–H groups in total. The molecule has 1 amide bonds. The van der Waals surface area contributed by atoms with Gasteiger partial charge in [-0.2, -0.15) is 0 Å². The molecule has 5 heteroatoms. The van der Waals surface area contributed by atoms with Crippen molar-refractivity contribution in [2.75, 3.05) is 26.9 Å². The maximum absolute atomic E-state index is 11.9. The Morgan fingerprint density at radius 1 is 1.67 bits per heavy atom. The summed E-state index contributed by atoms with van der Waals surface area (Å²) >= 11 is 0. The fourth-order valence-corrected chi connectivity index (χ4v) is 1.67. The van der Waals surface area contributed by atoms with Gasteiger partial charge in [0.1, 0.15) is 6.04 Å². The number of methoxy groups -OCH3 is 1. The Morgan fingerprint density at radius 3 is 2.93 bits per heavy atom. The molecule has 1 fully saturated rings. The number of hydrogen-bond donors (Lipinski definition) is 1. The summed E-state index contributed by atoms with van der Waals surface area (Å²) in [4.78, 5) is 13.7. The minimum atomic E-state index is -0.567. The first-order valence-corrected chi connectivity index (χ1v) is 5.22. The average molecular weight is 216 g/mol. The highest BCUT2D eigenvalue weighted by atomic mass is 16.5. The van der Waals surface area contributed by atoms with E-state index in [1.807, 2.05) is 13.8 Å². The van der Waals surface area contributed by atoms with Crippen LogP contribution in [-0.4, -0.2) is 55.9 Å². The van der Waals surface area contributed by atoms with E-state index < -0.39 is 6.04 Å². The first-order chi connectivity index (χ1) is 7.06. The van der Waals surface area contributed by atoms with Gasteiger partial charge in [-0.3, -0.25) is 4.79 Å². The van der Waals surface area contributed by atoms with E-state index >= 15 is 0 Å². The number of ether oxygens (including phenoxy) is 2. The molecule has 1 saturated heterocycles. The second-order valence-electron chi connectivity index (χ2n) is 4.05. The molecule has 0 bridgehead atoms. The Labute approximate surface area is 90.5 Å². The molecule has 0 aromatic carbocycles. The predicted molar refractivity (Wildman–Crippen MR) is 56.4 cm³/mol. The normalized spacial score (nSPS) is 28.9. The number of carbonyl (C=O) groups is 1. The molecule has 0 saturated carbocycles. The number of hydrogen-bond acceptors (Lipinski definition) is 4. The molecule has 3 unspecified atom stereocenters. The second-order valence-corrected chi connectivity index (χ2v) is 4.05. The minimum Gasteiger partial charge on any atom is -0.383 e. The van der Waals surface area contributed by atoms with E-state index in [2.05, 4.69) is 0 Å². The largest absolute Gasteiger partial charge is 0.383 e. The van der Waals surface area contributed by atoms with Crippen molar-refractivity contribution in [3.05, 3.63) is 0 Å². The Hall–Kier alpha value is -0.650. The summed E-state index contributed by atoms with van der Waals surface area (Å²) in [5.41, 5.74) is 5.71. The summed E-state index contributed by atoms with van der Waals surface area (Å²) in [7, 11) is 1.54. The fourth-order valence-electron chi connectivity index (χ4n) is 1.67. The van der Waals surface area contributed by atoms with Crippen LogP contribution in [0.2, 0.25) is 0 Å². The van der Waals surface area contributed by atoms with Crippen LogP contribution in [0.3, 0.4) is 0 Å². The van der Waals surface area contributed by atoms with Crippen LogP contribution in [0.1, 0.15) is 13.8 Å². The van der Waals surface area contributed by atoms with Crippen molar-refractivity contribution >= 4 is 5.91 Å². The first kappa shape index (κ1) is 12.4. The summed E-state index contributed by atoms with van der Waals surface area (Å²) in [5, 5.41) is 0. The molecular formula is C10H20N2O3. The third-order valence-corrected chi connectivity index (χ3v) is 2.55. The van der Waals surface area contributed by atoms with Gasteiger partial charge in [-0.15, -0.1) is 0 Å². The van der Waals surface area contributed by atoms with Gasteiger partial charge in [0.25, 0.3) is 0 Å². The van der Waals surface area contributed by atoms with E-state index in [-0.39, 0.29) is 24.7 Å². The number of carbonyl (C=O) groups excluding carboxylic acids is 1. The van der Waals surface area contributed by atoms with Crippen molar-refractivity contribution in [3.8, 4) is 0 Å². The standard InChI is InChI=1S/C10H20N2O3/c1-7-5-15-8(2)4-12(7)10(13)9(11)6-14-3/h7-9H,4-6,11H2,1-3H3. The van der Waals surface area contributed by atoms with E-state index in [0.717, 1.165) is 0 Å². The van der Waals surface area contributed by atoms with Crippen LogP contribution >= 0.6 is 0 Å². The Kier molecular flexibility index (Phi) is 4.50. The molecule has 0 spiro atoms. The third kappa shape index (κ3) is 3.15. The highest BCUT2D eigenvalue weighted by Crippen LogP contribution is 2.12. The van der Waals surface area contributed by atoms with E-state index in [1.165, 1.54) is 0 Å². The van der Waals surface area contributed by atoms with Gasteiger partial charge in [-0.1, -0.05) is 0 Å². The van der Waals surface area contributed by atoms with Gasteiger partial charge >= 0.3 is 0 Å². The number of nitrogens with two attached hydrogens (primary N) is 1. The second kappa shape index (κ2) is 5.44. The van der Waals surface area contributed by atoms with Crippen molar-refractivity contribution < 1.29 is 14.3 Å². The molecule has 0 aromatic heterocycles. The van der Waals surface area contributed by atoms with Crippen LogP contribution in [-0.2, 0) is 14.3 Å². The van der Waals surface area contributed by atoms with Gasteiger partial charge in [-0.05, 0) is 13.8 Å². The summed E-state index contributed by atoms with van der Waals surface area (Å²) < 4.78 is 10.3. The van der Waals surface area contributed by atoms with Crippen LogP contribution in [0.25, 0.3) is 0 Å². The molecule has 0 radical (unpaired) electrons. The lowest BCUT2D eigenvalue weighted by Gasteiger charge is -2.38. The molecule has 5 nitrogen and oxygen atoms in total. The highest BCUT2D eigenvalue weighted by molar-refractivity contribution is 5.82. The van der Waals surface area contributed by atoms with E-state index in [1.54, 1.807) is 12.0 Å². The molecule has 0 aromatic rings. The lowest BCUT2D eigenvalue weighted by atomic mass is 10.1. The van der Waals surface area contributed by atoms with E-state index in [9.17, 15) is 4.79 Å². The lowest BCUT2D eigenvalue weighted by molar-refractivity contribution is -0.145. The quantitative estimate of drug-likeness (QED) is 0.697. The number of amides is 1. The van der Waals surface area contributed by atoms with Crippen LogP contribution in [0.5, 0.6) is 0 Å². The Bertz CT molecular complexity index is 223. The molecule has 88 valence electrons. The van der Waals surface area contributed by atoms with Crippen molar-refractivity contribution in [2.24, 2.45) is 5.73 Å². The van der Waals surface area contributed by atoms with E-state index in [0.29, 0.717) is 13.2 Å². The molecule has 1 rings (SSSR count). The van der Waals surface area contributed by atoms with Gasteiger partial charge in [0.05, 0.1) is 25.4 Å². The summed E-state index contributed by atoms with van der Waals surface area (Å²) in [6.45, 7) is 5.36. The average Bonchev–Trinajstić information content (AvgIpc) is 2.21. The number of rotatable bonds is 3. The van der Waals surface area contributed by atoms with Crippen molar-refractivity contribution in [2.45, 2.75) is 32.0 Å². The van der Waals surface area contributed by atoms with Crippen molar-refractivity contribution in [1.82, 2.24) is 4.90 Å². The topological polar surface area (TPSA) is 64.8 Å². The molecule has 1 aliphatic rings. The van der Waals surface area contributed by atoms with Crippen molar-refractivity contribution in [3.63, 3.8) is 0 Å². The SMILES string of the molecule is COCC(N)C(=O)N1CC(C)OCC1C. The van der Waals surface area contributed by atoms with Gasteiger partial charge in [0, 0.05) is 13.7 Å². The van der Waals surface area contributed by atoms with E-state index in [4.69, 9.17) is 15.2 Å². The Balaban J connectivity index is 2.56. The molecular weight excluding hydrogens is 196 g/mol. The fraction of sp³-hybridized carbons (Fsp3) is 0.900. The lowest BCUT2D eigenvalue weighted by Crippen LogP contribution is -2.56. The smallest absolute Gasteiger partial charge is 0.242 e. The molecule has 1 heterocycles. The predicted octanol–water partition coefficient (Wildman–Crippen LogP) is -0.404. The van der Waals surface area contributed by atoms with Crippen LogP contribution in [0.15, 0.2) is 0 Å². The highest BCUT2D eigenvalue weighted by Gasteiger charge is 2.30. The Morgan fingerprint density at radius 2 is 2.33 bits per heavy atom. The molecule has 15 heavy (non-hydrogen) atoms. The monoisotopic (exact) mass is 216 g/mol. The number of nitrogens with zero attached hydrogens (tertiary/aromatic N) is 1. The zero-order valence-electron chi connectivity index (χ0n) is 9.60. The van der Waals surface area contributed by atoms with Crippen molar-refractivity contribution in [1.29, 1.82) is 0 Å². The summed E-state index contributed by atoms with van der Waals surface area (Å²) in [5.74, 6) is -0.0560. The summed E-state index contributed by atoms with van der Waals surface area (Å²) in [6, 6.07) is -0.473. The third-order valence-electron chi connectivity index (χ3n) is 2.55. The molecule has 1 aliphatic heterocycles. The van der Waals surface area contributed by atoms with Crippen LogP contribution in [0.4, 0.5) is 0 Å². The van der Waals surface area contributed by atoms with Crippen LogP contribution < -0.4 is 5.73 Å².